The van der Waals surface area contributed by atoms with Crippen molar-refractivity contribution in [2.75, 3.05) is 72.0 Å². The Kier molecular flexibility index (Phi) is 18.5. The van der Waals surface area contributed by atoms with Crippen LogP contribution in [0.4, 0.5) is 22.7 Å². The smallest absolute Gasteiger partial charge is 0.294 e. The summed E-state index contributed by atoms with van der Waals surface area (Å²) in [4.78, 5) is 9.54. The Labute approximate surface area is 362 Å². The van der Waals surface area contributed by atoms with Gasteiger partial charge in [-0.15, -0.1) is 0 Å². The summed E-state index contributed by atoms with van der Waals surface area (Å²) >= 11 is 0. The highest BCUT2D eigenvalue weighted by Crippen LogP contribution is 2.31. The van der Waals surface area contributed by atoms with Gasteiger partial charge in [-0.2, -0.15) is 8.42 Å². The first-order chi connectivity index (χ1) is 28.9. The van der Waals surface area contributed by atoms with Crippen LogP contribution >= 0.6 is 0 Å². The molecular formula is C52H68N4O3S. The first kappa shape index (κ1) is 47.4. The van der Waals surface area contributed by atoms with Crippen LogP contribution in [-0.4, -0.2) is 65.3 Å². The molecule has 0 saturated carbocycles. The van der Waals surface area contributed by atoms with Gasteiger partial charge in [-0.1, -0.05) is 78.4 Å². The molecule has 5 aromatic rings. The average molecular weight is 829 g/mol. The molecule has 0 spiro atoms. The van der Waals surface area contributed by atoms with Gasteiger partial charge in [-0.25, -0.2) is 0 Å². The summed E-state index contributed by atoms with van der Waals surface area (Å²) in [5, 5.41) is 0. The van der Waals surface area contributed by atoms with Crippen LogP contribution in [-0.2, 0) is 10.1 Å². The lowest BCUT2D eigenvalue weighted by molar-refractivity contribution is 0.483. The molecular weight excluding hydrogens is 761 g/mol. The SMILES string of the molecule is CCN(CC)c1ccc(C(=CCC=C(c2ccc(N(CC)CC)cc2)c2ccc(N(CC)CC)cc2)c2ccc(N(CC)CC)cc2)cc1.Cc1ccc(S(=O)(=O)O)cc1. The second-order valence-electron chi connectivity index (χ2n) is 14.6. The van der Waals surface area contributed by atoms with Crippen LogP contribution in [0.3, 0.4) is 0 Å². The predicted octanol–water partition coefficient (Wildman–Crippen LogP) is 12.3. The zero-order valence-corrected chi connectivity index (χ0v) is 38.3. The fourth-order valence-electron chi connectivity index (χ4n) is 7.57. The minimum absolute atomic E-state index is 0.0666. The van der Waals surface area contributed by atoms with E-state index in [1.54, 1.807) is 12.1 Å². The molecule has 1 N–H and O–H groups in total. The first-order valence-corrected chi connectivity index (χ1v) is 23.2. The molecule has 8 heteroatoms. The maximum Gasteiger partial charge on any atom is 0.294 e. The van der Waals surface area contributed by atoms with Crippen molar-refractivity contribution in [3.63, 3.8) is 0 Å². The normalized spacial score (nSPS) is 10.9. The van der Waals surface area contributed by atoms with Crippen LogP contribution in [0.25, 0.3) is 11.1 Å². The Morgan fingerprint density at radius 1 is 0.417 bits per heavy atom. The third kappa shape index (κ3) is 12.8. The van der Waals surface area contributed by atoms with Crippen LogP contribution in [0.5, 0.6) is 0 Å². The van der Waals surface area contributed by atoms with Crippen molar-refractivity contribution in [2.45, 2.75) is 73.6 Å². The average Bonchev–Trinajstić information content (AvgIpc) is 3.27. The molecule has 0 aliphatic rings. The second kappa shape index (κ2) is 23.5. The van der Waals surface area contributed by atoms with E-state index in [9.17, 15) is 8.42 Å². The number of anilines is 4. The van der Waals surface area contributed by atoms with E-state index >= 15 is 0 Å². The lowest BCUT2D eigenvalue weighted by atomic mass is 9.93. The van der Waals surface area contributed by atoms with Crippen molar-refractivity contribution in [1.82, 2.24) is 0 Å². The fraction of sp³-hybridized carbons (Fsp3) is 0.346. The van der Waals surface area contributed by atoms with E-state index in [1.165, 1.54) is 68.3 Å². The van der Waals surface area contributed by atoms with Gasteiger partial charge >= 0.3 is 0 Å². The maximum absolute atomic E-state index is 10.5. The van der Waals surface area contributed by atoms with E-state index in [-0.39, 0.29) is 4.90 Å². The molecule has 7 nitrogen and oxygen atoms in total. The van der Waals surface area contributed by atoms with Crippen LogP contribution in [0, 0.1) is 6.92 Å². The Morgan fingerprint density at radius 3 is 0.850 bits per heavy atom. The molecule has 0 radical (unpaired) electrons. The number of nitrogens with zero attached hydrogens (tertiary/aromatic N) is 4. The molecule has 320 valence electrons. The van der Waals surface area contributed by atoms with Crippen LogP contribution < -0.4 is 19.6 Å². The highest BCUT2D eigenvalue weighted by molar-refractivity contribution is 7.85. The van der Waals surface area contributed by atoms with Crippen LogP contribution in [0.2, 0.25) is 0 Å². The highest BCUT2D eigenvalue weighted by Gasteiger charge is 2.12. The Balaban J connectivity index is 0.000000624. The summed E-state index contributed by atoms with van der Waals surface area (Å²) in [6.07, 6.45) is 5.64. The number of allylic oxidation sites excluding steroid dienone is 2. The molecule has 0 unspecified atom stereocenters. The largest absolute Gasteiger partial charge is 0.372 e. The summed E-state index contributed by atoms with van der Waals surface area (Å²) in [6.45, 7) is 27.6. The van der Waals surface area contributed by atoms with Crippen LogP contribution in [0.1, 0.15) is 89.6 Å². The number of hydrogen-bond acceptors (Lipinski definition) is 6. The van der Waals surface area contributed by atoms with Gasteiger partial charge in [0.1, 0.15) is 0 Å². The molecule has 0 aliphatic heterocycles. The first-order valence-electron chi connectivity index (χ1n) is 21.8. The van der Waals surface area contributed by atoms with E-state index in [0.717, 1.165) is 64.3 Å². The number of hydrogen-bond donors (Lipinski definition) is 1. The summed E-state index contributed by atoms with van der Waals surface area (Å²) in [5.74, 6) is 0. The Morgan fingerprint density at radius 2 is 0.650 bits per heavy atom. The van der Waals surface area contributed by atoms with Gasteiger partial charge in [0.15, 0.2) is 0 Å². The third-order valence-electron chi connectivity index (χ3n) is 11.2. The van der Waals surface area contributed by atoms with Crippen molar-refractivity contribution in [1.29, 1.82) is 0 Å². The molecule has 0 saturated heterocycles. The molecule has 0 fully saturated rings. The van der Waals surface area contributed by atoms with Crippen molar-refractivity contribution >= 4 is 44.0 Å². The molecule has 5 rings (SSSR count). The van der Waals surface area contributed by atoms with Gasteiger partial charge < -0.3 is 19.6 Å². The van der Waals surface area contributed by atoms with E-state index in [4.69, 9.17) is 4.55 Å². The van der Waals surface area contributed by atoms with Crippen molar-refractivity contribution in [3.8, 4) is 0 Å². The number of rotatable bonds is 19. The van der Waals surface area contributed by atoms with Crippen molar-refractivity contribution in [3.05, 3.63) is 161 Å². The molecule has 0 atom stereocenters. The quantitative estimate of drug-likeness (QED) is 0.0832. The summed E-state index contributed by atoms with van der Waals surface area (Å²) in [7, 11) is -4.02. The van der Waals surface area contributed by atoms with Gasteiger partial charge in [0.2, 0.25) is 0 Å². The zero-order chi connectivity index (χ0) is 43.7. The summed E-state index contributed by atoms with van der Waals surface area (Å²) in [6, 6.07) is 42.5. The van der Waals surface area contributed by atoms with Crippen molar-refractivity contribution < 1.29 is 13.0 Å². The van der Waals surface area contributed by atoms with E-state index in [0.29, 0.717) is 0 Å². The number of benzene rings is 5. The standard InChI is InChI=1S/C45H60N4.C7H8O3S/c1-9-46(10-2)40-28-20-36(21-29-40)44(37-22-30-41(31-23-37)47(11-3)12-4)18-17-19-45(38-24-32-42(33-25-38)48(13-5)14-6)39-26-34-43(35-27-39)49(15-7)16-8;1-6-2-4-7(5-3-6)11(8,9)10/h18-35H,9-17H2,1-8H3;2-5H,1H3,(H,8,9,10). The minimum Gasteiger partial charge on any atom is -0.372 e. The molecule has 60 heavy (non-hydrogen) atoms. The molecule has 0 aliphatic carbocycles. The summed E-state index contributed by atoms with van der Waals surface area (Å²) < 4.78 is 29.6. The highest BCUT2D eigenvalue weighted by atomic mass is 32.2. The lowest BCUT2D eigenvalue weighted by Crippen LogP contribution is -2.21. The second-order valence-corrected chi connectivity index (χ2v) is 16.1. The van der Waals surface area contributed by atoms with Gasteiger partial charge in [0.05, 0.1) is 4.90 Å². The number of aryl methyl sites for hydroxylation is 1. The summed E-state index contributed by atoms with van der Waals surface area (Å²) in [5.41, 5.74) is 13.5. The topological polar surface area (TPSA) is 67.3 Å². The van der Waals surface area contributed by atoms with Crippen LogP contribution in [0.15, 0.2) is 138 Å². The van der Waals surface area contributed by atoms with Gasteiger partial charge in [0.25, 0.3) is 10.1 Å². The van der Waals surface area contributed by atoms with Gasteiger partial charge in [0, 0.05) is 75.1 Å². The van der Waals surface area contributed by atoms with Gasteiger partial charge in [-0.05, 0) is 163 Å². The van der Waals surface area contributed by atoms with E-state index < -0.39 is 10.1 Å². The van der Waals surface area contributed by atoms with Gasteiger partial charge in [-0.3, -0.25) is 4.55 Å². The maximum atomic E-state index is 10.5. The van der Waals surface area contributed by atoms with E-state index in [2.05, 4.69) is 184 Å². The molecule has 0 bridgehead atoms. The van der Waals surface area contributed by atoms with E-state index in [1.807, 2.05) is 6.92 Å². The minimum atomic E-state index is -4.02. The molecule has 0 heterocycles. The van der Waals surface area contributed by atoms with Crippen molar-refractivity contribution in [2.24, 2.45) is 0 Å². The Bertz CT molecular complexity index is 1940. The molecule has 0 aromatic heterocycles. The monoisotopic (exact) mass is 829 g/mol. The Hall–Kier alpha value is -5.31. The molecule has 0 amide bonds. The predicted molar refractivity (Wildman–Crippen MR) is 260 cm³/mol. The molecule has 5 aromatic carbocycles. The third-order valence-corrected chi connectivity index (χ3v) is 12.1. The fourth-order valence-corrected chi connectivity index (χ4v) is 8.05. The zero-order valence-electron chi connectivity index (χ0n) is 37.5. The lowest BCUT2D eigenvalue weighted by Gasteiger charge is -2.22.